The van der Waals surface area contributed by atoms with Gasteiger partial charge in [0.2, 0.25) is 0 Å². The fourth-order valence-corrected chi connectivity index (χ4v) is 3.22. The molecule has 1 atom stereocenters. The van der Waals surface area contributed by atoms with E-state index in [1.807, 2.05) is 18.7 Å². The Bertz CT molecular complexity index is 432. The Balaban J connectivity index is 1.99. The molecular weight excluding hydrogens is 248 g/mol. The van der Waals surface area contributed by atoms with Crippen LogP contribution in [0.3, 0.4) is 0 Å². The number of amides is 1. The van der Waals surface area contributed by atoms with E-state index in [2.05, 4.69) is 15.7 Å². The summed E-state index contributed by atoms with van der Waals surface area (Å²) in [5.41, 5.74) is 4.47. The van der Waals surface area contributed by atoms with E-state index < -0.39 is 0 Å². The topological polar surface area (TPSA) is 80.0 Å². The predicted octanol–water partition coefficient (Wildman–Crippen LogP) is 1.16. The summed E-state index contributed by atoms with van der Waals surface area (Å²) in [6.07, 6.45) is 2.74. The zero-order valence-corrected chi connectivity index (χ0v) is 11.2. The van der Waals surface area contributed by atoms with Crippen molar-refractivity contribution in [1.29, 1.82) is 0 Å². The number of anilines is 1. The minimum absolute atomic E-state index is 0.118. The number of aryl methyl sites for hydroxylation is 1. The van der Waals surface area contributed by atoms with Crippen molar-refractivity contribution in [3.05, 3.63) is 23.5 Å². The highest BCUT2D eigenvalue weighted by Crippen LogP contribution is 2.22. The van der Waals surface area contributed by atoms with E-state index >= 15 is 0 Å². The lowest BCUT2D eigenvalue weighted by Crippen LogP contribution is -2.30. The molecule has 2 rings (SSSR count). The number of hydrogen-bond donors (Lipinski definition) is 3. The standard InChI is InChI=1S/C12H18N4OS/c1-8-4-11(16-13)10(6-14-8)12(17)15-5-9-2-3-18-7-9/h4,6,9H,2-3,5,7,13H2,1H3,(H,14,16)(H,15,17). The van der Waals surface area contributed by atoms with E-state index in [1.165, 1.54) is 12.2 Å². The SMILES string of the molecule is Cc1cc(NN)c(C(=O)NCC2CCSC2)cn1. The molecule has 0 aromatic carbocycles. The molecule has 1 unspecified atom stereocenters. The molecule has 2 heterocycles. The molecule has 1 aromatic heterocycles. The molecule has 1 aliphatic rings. The van der Waals surface area contributed by atoms with Gasteiger partial charge in [0.15, 0.2) is 0 Å². The van der Waals surface area contributed by atoms with E-state index in [0.717, 1.165) is 18.0 Å². The number of carbonyl (C=O) groups excluding carboxylic acids is 1. The van der Waals surface area contributed by atoms with E-state index in [9.17, 15) is 4.79 Å². The number of nitrogens with one attached hydrogen (secondary N) is 2. The van der Waals surface area contributed by atoms with Crippen molar-refractivity contribution in [2.45, 2.75) is 13.3 Å². The Kier molecular flexibility index (Phi) is 4.43. The van der Waals surface area contributed by atoms with Crippen LogP contribution in [0.25, 0.3) is 0 Å². The van der Waals surface area contributed by atoms with Crippen LogP contribution < -0.4 is 16.6 Å². The molecule has 98 valence electrons. The van der Waals surface area contributed by atoms with Gasteiger partial charge in [-0.1, -0.05) is 0 Å². The average Bonchev–Trinajstić information content (AvgIpc) is 2.88. The zero-order chi connectivity index (χ0) is 13.0. The first-order valence-corrected chi connectivity index (χ1v) is 7.15. The molecule has 1 aliphatic heterocycles. The number of nitrogen functional groups attached to an aromatic ring is 1. The van der Waals surface area contributed by atoms with Crippen LogP contribution in [0, 0.1) is 12.8 Å². The lowest BCUT2D eigenvalue weighted by atomic mass is 10.1. The largest absolute Gasteiger partial charge is 0.352 e. The maximum absolute atomic E-state index is 12.0. The van der Waals surface area contributed by atoms with Gasteiger partial charge in [0.25, 0.3) is 5.91 Å². The van der Waals surface area contributed by atoms with Crippen molar-refractivity contribution in [3.63, 3.8) is 0 Å². The highest BCUT2D eigenvalue weighted by molar-refractivity contribution is 7.99. The quantitative estimate of drug-likeness (QED) is 0.563. The molecule has 0 bridgehead atoms. The first kappa shape index (κ1) is 13.2. The number of pyridine rings is 1. The number of rotatable bonds is 4. The molecule has 1 aromatic rings. The predicted molar refractivity (Wildman–Crippen MR) is 74.5 cm³/mol. The highest BCUT2D eigenvalue weighted by atomic mass is 32.2. The molecule has 1 saturated heterocycles. The van der Waals surface area contributed by atoms with Crippen molar-refractivity contribution >= 4 is 23.4 Å². The van der Waals surface area contributed by atoms with Gasteiger partial charge in [-0.15, -0.1) is 0 Å². The second-order valence-corrected chi connectivity index (χ2v) is 5.61. The molecule has 4 N–H and O–H groups in total. The van der Waals surface area contributed by atoms with Crippen molar-refractivity contribution < 1.29 is 4.79 Å². The fourth-order valence-electron chi connectivity index (χ4n) is 1.94. The Morgan fingerprint density at radius 1 is 1.67 bits per heavy atom. The van der Waals surface area contributed by atoms with Gasteiger partial charge < -0.3 is 10.7 Å². The van der Waals surface area contributed by atoms with Gasteiger partial charge in [-0.25, -0.2) is 0 Å². The van der Waals surface area contributed by atoms with Crippen molar-refractivity contribution in [3.8, 4) is 0 Å². The lowest BCUT2D eigenvalue weighted by molar-refractivity contribution is 0.0949. The second-order valence-electron chi connectivity index (χ2n) is 4.46. The molecular formula is C12H18N4OS. The van der Waals surface area contributed by atoms with Crippen LogP contribution in [-0.4, -0.2) is 28.9 Å². The Labute approximate surface area is 111 Å². The minimum Gasteiger partial charge on any atom is -0.352 e. The second kappa shape index (κ2) is 6.06. The van der Waals surface area contributed by atoms with E-state index in [4.69, 9.17) is 5.84 Å². The molecule has 0 spiro atoms. The Hall–Kier alpha value is -1.27. The van der Waals surface area contributed by atoms with Crippen LogP contribution in [0.2, 0.25) is 0 Å². The van der Waals surface area contributed by atoms with Crippen molar-refractivity contribution in [2.24, 2.45) is 11.8 Å². The number of aromatic nitrogens is 1. The summed E-state index contributed by atoms with van der Waals surface area (Å²) in [6, 6.07) is 1.76. The summed E-state index contributed by atoms with van der Waals surface area (Å²) in [4.78, 5) is 16.2. The first-order valence-electron chi connectivity index (χ1n) is 6.00. The molecule has 6 heteroatoms. The van der Waals surface area contributed by atoms with Gasteiger partial charge in [0.05, 0.1) is 11.3 Å². The maximum Gasteiger partial charge on any atom is 0.255 e. The van der Waals surface area contributed by atoms with Crippen LogP contribution in [0.1, 0.15) is 22.5 Å². The van der Waals surface area contributed by atoms with E-state index in [1.54, 1.807) is 12.3 Å². The van der Waals surface area contributed by atoms with Gasteiger partial charge in [-0.2, -0.15) is 11.8 Å². The van der Waals surface area contributed by atoms with E-state index in [-0.39, 0.29) is 5.91 Å². The van der Waals surface area contributed by atoms with Crippen LogP contribution in [0.15, 0.2) is 12.3 Å². The lowest BCUT2D eigenvalue weighted by Gasteiger charge is -2.12. The third-order valence-electron chi connectivity index (χ3n) is 3.02. The third-order valence-corrected chi connectivity index (χ3v) is 4.25. The molecule has 5 nitrogen and oxygen atoms in total. The zero-order valence-electron chi connectivity index (χ0n) is 10.4. The summed E-state index contributed by atoms with van der Waals surface area (Å²) in [5.74, 6) is 8.22. The van der Waals surface area contributed by atoms with E-state index in [0.29, 0.717) is 17.2 Å². The van der Waals surface area contributed by atoms with Crippen LogP contribution in [0.4, 0.5) is 5.69 Å². The number of hydrogen-bond acceptors (Lipinski definition) is 5. The highest BCUT2D eigenvalue weighted by Gasteiger charge is 2.18. The van der Waals surface area contributed by atoms with Crippen LogP contribution in [-0.2, 0) is 0 Å². The minimum atomic E-state index is -0.118. The number of hydrazine groups is 1. The summed E-state index contributed by atoms with van der Waals surface area (Å²) in [5, 5.41) is 2.95. The molecule has 0 aliphatic carbocycles. The average molecular weight is 266 g/mol. The normalized spacial score (nSPS) is 18.7. The van der Waals surface area contributed by atoms with Crippen molar-refractivity contribution in [1.82, 2.24) is 10.3 Å². The molecule has 1 fully saturated rings. The fraction of sp³-hybridized carbons (Fsp3) is 0.500. The smallest absolute Gasteiger partial charge is 0.255 e. The molecule has 0 saturated carbocycles. The summed E-state index contributed by atoms with van der Waals surface area (Å²) in [6.45, 7) is 2.59. The molecule has 18 heavy (non-hydrogen) atoms. The number of nitrogens with two attached hydrogens (primary N) is 1. The van der Waals surface area contributed by atoms with Gasteiger partial charge in [0, 0.05) is 18.4 Å². The maximum atomic E-state index is 12.0. The van der Waals surface area contributed by atoms with Gasteiger partial charge in [0.1, 0.15) is 0 Å². The third kappa shape index (κ3) is 3.14. The van der Waals surface area contributed by atoms with Gasteiger partial charge in [-0.05, 0) is 36.8 Å². The van der Waals surface area contributed by atoms with Gasteiger partial charge in [-0.3, -0.25) is 15.6 Å². The molecule has 0 radical (unpaired) electrons. The summed E-state index contributed by atoms with van der Waals surface area (Å²) >= 11 is 1.94. The van der Waals surface area contributed by atoms with Crippen LogP contribution >= 0.6 is 11.8 Å². The summed E-state index contributed by atoms with van der Waals surface area (Å²) in [7, 11) is 0. The Morgan fingerprint density at radius 2 is 2.50 bits per heavy atom. The molecule has 1 amide bonds. The monoisotopic (exact) mass is 266 g/mol. The van der Waals surface area contributed by atoms with Crippen molar-refractivity contribution in [2.75, 3.05) is 23.5 Å². The van der Waals surface area contributed by atoms with Crippen LogP contribution in [0.5, 0.6) is 0 Å². The number of nitrogens with zero attached hydrogens (tertiary/aromatic N) is 1. The number of thioether (sulfide) groups is 1. The summed E-state index contributed by atoms with van der Waals surface area (Å²) < 4.78 is 0. The van der Waals surface area contributed by atoms with Gasteiger partial charge >= 0.3 is 0 Å². The first-order chi connectivity index (χ1) is 8.70. The Morgan fingerprint density at radius 3 is 3.17 bits per heavy atom. The number of carbonyl (C=O) groups is 1.